The van der Waals surface area contributed by atoms with E-state index in [1.165, 1.54) is 19.4 Å². The summed E-state index contributed by atoms with van der Waals surface area (Å²) in [7, 11) is -1.35. The Bertz CT molecular complexity index is 1850. The minimum atomic E-state index is -4.43. The van der Waals surface area contributed by atoms with Crippen molar-refractivity contribution >= 4 is 26.7 Å². The third-order valence-electron chi connectivity index (χ3n) is 5.50. The first-order chi connectivity index (χ1) is 18.2. The first-order valence-corrected chi connectivity index (χ1v) is 12.5. The maximum atomic E-state index is 14.2. The van der Waals surface area contributed by atoms with Crippen molar-refractivity contribution in [3.05, 3.63) is 90.1 Å². The highest BCUT2D eigenvalue weighted by molar-refractivity contribution is 7.92. The van der Waals surface area contributed by atoms with E-state index < -0.39 is 26.6 Å². The lowest BCUT2D eigenvalue weighted by Gasteiger charge is -2.13. The minimum absolute atomic E-state index is 0.0424. The van der Waals surface area contributed by atoms with Gasteiger partial charge < -0.3 is 4.74 Å². The van der Waals surface area contributed by atoms with Crippen LogP contribution in [0.5, 0.6) is 5.88 Å². The highest BCUT2D eigenvalue weighted by Crippen LogP contribution is 2.32. The largest absolute Gasteiger partial charge is 0.480 e. The van der Waals surface area contributed by atoms with Gasteiger partial charge in [0.1, 0.15) is 27.9 Å². The molecule has 0 amide bonds. The summed E-state index contributed by atoms with van der Waals surface area (Å²) in [5, 5.41) is 5.08. The van der Waals surface area contributed by atoms with E-state index in [2.05, 4.69) is 36.6 Å². The average Bonchev–Trinajstić information content (AvgIpc) is 3.21. The molecule has 12 heteroatoms. The second-order valence-electron chi connectivity index (χ2n) is 8.01. The van der Waals surface area contributed by atoms with Gasteiger partial charge in [-0.25, -0.2) is 27.2 Å². The normalized spacial score (nSPS) is 11.2. The van der Waals surface area contributed by atoms with E-state index in [0.29, 0.717) is 33.9 Å². The van der Waals surface area contributed by atoms with Crippen molar-refractivity contribution in [1.82, 2.24) is 24.7 Å². The van der Waals surface area contributed by atoms with E-state index in [9.17, 15) is 17.2 Å². The van der Waals surface area contributed by atoms with Gasteiger partial charge in [0.05, 0.1) is 12.5 Å². The second kappa shape index (κ2) is 9.87. The van der Waals surface area contributed by atoms with Gasteiger partial charge in [0.25, 0.3) is 10.0 Å². The number of pyridine rings is 3. The molecule has 190 valence electrons. The first kappa shape index (κ1) is 24.8. The van der Waals surface area contributed by atoms with Crippen LogP contribution >= 0.6 is 0 Å². The van der Waals surface area contributed by atoms with Crippen molar-refractivity contribution in [1.29, 1.82) is 0 Å². The number of nitrogens with one attached hydrogen (secondary N) is 1. The molecule has 9 nitrogen and oxygen atoms in total. The molecule has 0 spiro atoms. The van der Waals surface area contributed by atoms with E-state index in [4.69, 9.17) is 4.74 Å². The zero-order valence-corrected chi connectivity index (χ0v) is 20.8. The van der Waals surface area contributed by atoms with Crippen molar-refractivity contribution < 1.29 is 21.9 Å². The number of fused-ring (bicyclic) bond motifs is 1. The fourth-order valence-corrected chi connectivity index (χ4v) is 4.80. The molecule has 0 saturated heterocycles. The lowest BCUT2D eigenvalue weighted by Crippen LogP contribution is -2.15. The topological polar surface area (TPSA) is 112 Å². The van der Waals surface area contributed by atoms with E-state index >= 15 is 0 Å². The highest BCUT2D eigenvalue weighted by Gasteiger charge is 2.22. The Hall–Kier alpha value is -4.89. The summed E-state index contributed by atoms with van der Waals surface area (Å²) in [6.07, 6.45) is 6.35. The number of hydrogen-bond acceptors (Lipinski definition) is 7. The molecular weight excluding hydrogens is 514 g/mol. The molecule has 4 heterocycles. The molecular formula is C26H18F2N6O3S. The van der Waals surface area contributed by atoms with Crippen molar-refractivity contribution in [3.8, 4) is 28.8 Å². The van der Waals surface area contributed by atoms with Crippen molar-refractivity contribution in [2.24, 2.45) is 7.05 Å². The number of sulfonamides is 1. The molecule has 1 aromatic carbocycles. The summed E-state index contributed by atoms with van der Waals surface area (Å²) in [4.78, 5) is 11.9. The number of benzene rings is 1. The number of nitrogens with zero attached hydrogens (tertiary/aromatic N) is 5. The number of anilines is 1. The smallest absolute Gasteiger partial charge is 0.264 e. The molecule has 38 heavy (non-hydrogen) atoms. The predicted molar refractivity (Wildman–Crippen MR) is 136 cm³/mol. The summed E-state index contributed by atoms with van der Waals surface area (Å²) >= 11 is 0. The van der Waals surface area contributed by atoms with Crippen LogP contribution in [0.3, 0.4) is 0 Å². The molecule has 4 aromatic heterocycles. The first-order valence-electron chi connectivity index (χ1n) is 11.0. The molecule has 0 aliphatic carbocycles. The quantitative estimate of drug-likeness (QED) is 0.342. The summed E-state index contributed by atoms with van der Waals surface area (Å²) in [5.74, 6) is 4.02. The maximum Gasteiger partial charge on any atom is 0.264 e. The Morgan fingerprint density at radius 1 is 0.974 bits per heavy atom. The second-order valence-corrected chi connectivity index (χ2v) is 9.67. The van der Waals surface area contributed by atoms with E-state index in [-0.39, 0.29) is 11.6 Å². The Morgan fingerprint density at radius 3 is 2.45 bits per heavy atom. The lowest BCUT2D eigenvalue weighted by atomic mass is 10.1. The highest BCUT2D eigenvalue weighted by atomic mass is 32.2. The maximum absolute atomic E-state index is 14.2. The van der Waals surface area contributed by atoms with Gasteiger partial charge >= 0.3 is 0 Å². The third-order valence-corrected chi connectivity index (χ3v) is 6.90. The number of aryl methyl sites for hydroxylation is 1. The van der Waals surface area contributed by atoms with Crippen LogP contribution in [0.25, 0.3) is 22.2 Å². The fraction of sp³-hybridized carbons (Fsp3) is 0.0769. The van der Waals surface area contributed by atoms with Gasteiger partial charge in [0.2, 0.25) is 5.88 Å². The molecule has 0 aliphatic rings. The Morgan fingerprint density at radius 2 is 1.71 bits per heavy atom. The van der Waals surface area contributed by atoms with Gasteiger partial charge in [-0.2, -0.15) is 5.10 Å². The van der Waals surface area contributed by atoms with Crippen molar-refractivity contribution in [2.75, 3.05) is 11.8 Å². The van der Waals surface area contributed by atoms with Gasteiger partial charge in [0, 0.05) is 54.6 Å². The van der Waals surface area contributed by atoms with Crippen LogP contribution in [0, 0.1) is 23.5 Å². The number of methoxy groups -OCH3 is 1. The minimum Gasteiger partial charge on any atom is -0.480 e. The van der Waals surface area contributed by atoms with Crippen LogP contribution < -0.4 is 9.46 Å². The number of rotatable bonds is 5. The third kappa shape index (κ3) is 4.87. The summed E-state index contributed by atoms with van der Waals surface area (Å²) < 4.78 is 62.3. The predicted octanol–water partition coefficient (Wildman–Crippen LogP) is 3.91. The standard InChI is InChI=1S/C26H18F2N6O3S/c1-34-23(5-3-16-7-9-29-10-8-16)20-11-17(14-30-25(20)32-34)18-12-22(26(37-2)31-15-18)33-38(35,36)24-6-4-19(27)13-21(24)28/h4,6-15,33H,1-2H3. The molecule has 5 rings (SSSR count). The summed E-state index contributed by atoms with van der Waals surface area (Å²) in [6.45, 7) is 0. The summed E-state index contributed by atoms with van der Waals surface area (Å²) in [6, 6.07) is 9.06. The molecule has 0 radical (unpaired) electrons. The Kier molecular flexibility index (Phi) is 6.44. The van der Waals surface area contributed by atoms with Gasteiger partial charge in [-0.1, -0.05) is 5.92 Å². The average molecular weight is 533 g/mol. The number of halogens is 2. The molecule has 0 saturated carbocycles. The molecule has 5 aromatic rings. The van der Waals surface area contributed by atoms with Gasteiger partial charge in [-0.15, -0.1) is 0 Å². The Labute approximate surface area is 216 Å². The monoisotopic (exact) mass is 532 g/mol. The van der Waals surface area contributed by atoms with Gasteiger partial charge in [-0.3, -0.25) is 14.4 Å². The van der Waals surface area contributed by atoms with Crippen molar-refractivity contribution in [3.63, 3.8) is 0 Å². The number of hydrogen-bond donors (Lipinski definition) is 1. The number of ether oxygens (including phenoxy) is 1. The summed E-state index contributed by atoms with van der Waals surface area (Å²) in [5.41, 5.74) is 2.94. The lowest BCUT2D eigenvalue weighted by molar-refractivity contribution is 0.400. The van der Waals surface area contributed by atoms with Crippen molar-refractivity contribution in [2.45, 2.75) is 4.90 Å². The van der Waals surface area contributed by atoms with Crippen LogP contribution in [-0.2, 0) is 17.1 Å². The Balaban J connectivity index is 1.55. The molecule has 0 bridgehead atoms. The zero-order chi connectivity index (χ0) is 26.9. The number of aromatic nitrogens is 5. The molecule has 0 fully saturated rings. The van der Waals surface area contributed by atoms with E-state index in [0.717, 1.165) is 17.7 Å². The van der Waals surface area contributed by atoms with E-state index in [1.54, 1.807) is 42.5 Å². The molecule has 0 unspecified atom stereocenters. The molecule has 0 atom stereocenters. The fourth-order valence-electron chi connectivity index (χ4n) is 3.69. The van der Waals surface area contributed by atoms with Gasteiger partial charge in [-0.05, 0) is 42.3 Å². The van der Waals surface area contributed by atoms with Gasteiger partial charge in [0.15, 0.2) is 5.65 Å². The van der Waals surface area contributed by atoms with Crippen LogP contribution in [0.15, 0.2) is 72.1 Å². The molecule has 0 aliphatic heterocycles. The SMILES string of the molecule is COc1ncc(-c2cnc3nn(C)c(C#Cc4ccncc4)c3c2)cc1NS(=O)(=O)c1ccc(F)cc1F. The van der Waals surface area contributed by atoms with Crippen LogP contribution in [-0.4, -0.2) is 40.3 Å². The zero-order valence-electron chi connectivity index (χ0n) is 20.0. The van der Waals surface area contributed by atoms with Crippen LogP contribution in [0.4, 0.5) is 14.5 Å². The molecule has 1 N–H and O–H groups in total. The van der Waals surface area contributed by atoms with Crippen LogP contribution in [0.2, 0.25) is 0 Å². The van der Waals surface area contributed by atoms with E-state index in [1.807, 2.05) is 6.07 Å². The van der Waals surface area contributed by atoms with Crippen LogP contribution in [0.1, 0.15) is 11.3 Å².